The molecule has 5 nitrogen and oxygen atoms in total. The fourth-order valence-electron chi connectivity index (χ4n) is 3.04. The van der Waals surface area contributed by atoms with Crippen LogP contribution < -0.4 is 4.72 Å². The molecule has 1 aliphatic rings. The number of hydrogen-bond donors (Lipinski definition) is 1. The average molecular weight is 549 g/mol. The van der Waals surface area contributed by atoms with Gasteiger partial charge >= 0.3 is 0 Å². The Morgan fingerprint density at radius 1 is 0.892 bits per heavy atom. The molecule has 0 radical (unpaired) electrons. The summed E-state index contributed by atoms with van der Waals surface area (Å²) in [6.45, 7) is 21.7. The molecule has 0 spiro atoms. The summed E-state index contributed by atoms with van der Waals surface area (Å²) in [5.41, 5.74) is 5.47. The molecule has 0 saturated carbocycles. The summed E-state index contributed by atoms with van der Waals surface area (Å²) >= 11 is 0. The molecule has 7 heteroatoms. The molecule has 208 valence electrons. The first-order valence-electron chi connectivity index (χ1n) is 13.0. The number of rotatable bonds is 5. The molecule has 3 rings (SSSR count). The van der Waals surface area contributed by atoms with Crippen LogP contribution in [0.4, 0.5) is 0 Å². The third-order valence-electron chi connectivity index (χ3n) is 5.39. The highest BCUT2D eigenvalue weighted by molar-refractivity contribution is 7.85. The van der Waals surface area contributed by atoms with Gasteiger partial charge in [0.25, 0.3) is 0 Å². The standard InChI is InChI=1S/C13H21NOS.C13H19NOS.C4H8O/c2*1-10-7-6-8-12(9-10)11(2)14-16(15)13(3,4)5;1-2-4-5-3-1/h6-9,11,14H,1-5H3;6-9H,1-5H3;1-4H2/t11?,16-;16-;/m11./s1. The van der Waals surface area contributed by atoms with Gasteiger partial charge in [-0.3, -0.25) is 0 Å². The van der Waals surface area contributed by atoms with E-state index in [9.17, 15) is 8.42 Å². The van der Waals surface area contributed by atoms with Crippen molar-refractivity contribution in [3.05, 3.63) is 70.8 Å². The van der Waals surface area contributed by atoms with Crippen LogP contribution in [0.15, 0.2) is 52.9 Å². The smallest absolute Gasteiger partial charge is 0.145 e. The van der Waals surface area contributed by atoms with Crippen molar-refractivity contribution < 1.29 is 13.2 Å². The molecule has 2 aromatic rings. The van der Waals surface area contributed by atoms with Crippen LogP contribution in [0.3, 0.4) is 0 Å². The lowest BCUT2D eigenvalue weighted by atomic mass is 10.1. The SMILES string of the molecule is C1CCOC1.CC(=N[S@](=O)C(C)(C)C)c1cccc(C)c1.Cc1cccc(C(C)N[S@](=O)C(C)(C)C)c1. The van der Waals surface area contributed by atoms with Crippen LogP contribution >= 0.6 is 0 Å². The molecular weight excluding hydrogens is 500 g/mol. The van der Waals surface area contributed by atoms with Gasteiger partial charge in [0.1, 0.15) is 11.0 Å². The summed E-state index contributed by atoms with van der Waals surface area (Å²) in [5.74, 6) is 0. The summed E-state index contributed by atoms with van der Waals surface area (Å²) in [5, 5.41) is 0. The third-order valence-corrected chi connectivity index (χ3v) is 8.56. The van der Waals surface area contributed by atoms with Crippen LogP contribution in [0, 0.1) is 13.8 Å². The number of benzene rings is 2. The fraction of sp³-hybridized carbons (Fsp3) is 0.567. The minimum Gasteiger partial charge on any atom is -0.381 e. The maximum atomic E-state index is 11.9. The summed E-state index contributed by atoms with van der Waals surface area (Å²) in [4.78, 5) is 0. The highest BCUT2D eigenvalue weighted by atomic mass is 32.2. The van der Waals surface area contributed by atoms with Gasteiger partial charge in [-0.1, -0.05) is 59.7 Å². The van der Waals surface area contributed by atoms with Gasteiger partial charge in [0.15, 0.2) is 0 Å². The van der Waals surface area contributed by atoms with Crippen molar-refractivity contribution in [2.24, 2.45) is 4.40 Å². The zero-order valence-corrected chi connectivity index (χ0v) is 26.1. The molecule has 1 heterocycles. The molecule has 1 unspecified atom stereocenters. The van der Waals surface area contributed by atoms with Crippen molar-refractivity contribution in [2.75, 3.05) is 13.2 Å². The molecule has 0 aromatic heterocycles. The zero-order valence-electron chi connectivity index (χ0n) is 24.5. The van der Waals surface area contributed by atoms with Gasteiger partial charge < -0.3 is 4.74 Å². The van der Waals surface area contributed by atoms with Gasteiger partial charge in [-0.25, -0.2) is 13.1 Å². The summed E-state index contributed by atoms with van der Waals surface area (Å²) < 4.78 is 35.6. The van der Waals surface area contributed by atoms with E-state index < -0.39 is 22.0 Å². The predicted octanol–water partition coefficient (Wildman–Crippen LogP) is 7.17. The topological polar surface area (TPSA) is 67.8 Å². The van der Waals surface area contributed by atoms with Crippen LogP contribution in [0.2, 0.25) is 0 Å². The van der Waals surface area contributed by atoms with E-state index in [1.54, 1.807) is 0 Å². The van der Waals surface area contributed by atoms with Gasteiger partial charge in [0, 0.05) is 19.3 Å². The first kappa shape index (κ1) is 33.4. The summed E-state index contributed by atoms with van der Waals surface area (Å²) in [7, 11) is -2.21. The van der Waals surface area contributed by atoms with E-state index in [0.29, 0.717) is 0 Å². The Labute approximate surface area is 231 Å². The van der Waals surface area contributed by atoms with Crippen molar-refractivity contribution in [1.82, 2.24) is 4.72 Å². The Balaban J connectivity index is 0.000000311. The minimum atomic E-state index is -1.19. The molecule has 1 aliphatic heterocycles. The summed E-state index contributed by atoms with van der Waals surface area (Å²) in [6.07, 6.45) is 2.56. The number of nitrogens with one attached hydrogen (secondary N) is 1. The van der Waals surface area contributed by atoms with Crippen LogP contribution in [0.5, 0.6) is 0 Å². The van der Waals surface area contributed by atoms with E-state index in [2.05, 4.69) is 40.3 Å². The van der Waals surface area contributed by atoms with Crippen LogP contribution in [-0.2, 0) is 26.7 Å². The van der Waals surface area contributed by atoms with Gasteiger partial charge in [-0.15, -0.1) is 0 Å². The van der Waals surface area contributed by atoms with E-state index in [1.807, 2.05) is 86.6 Å². The van der Waals surface area contributed by atoms with Crippen LogP contribution in [0.25, 0.3) is 0 Å². The van der Waals surface area contributed by atoms with Gasteiger partial charge in [-0.2, -0.15) is 4.40 Å². The van der Waals surface area contributed by atoms with Gasteiger partial charge in [-0.05, 0) is 93.2 Å². The minimum absolute atomic E-state index is 0.111. The molecule has 0 amide bonds. The number of aryl methyl sites for hydroxylation is 2. The molecule has 0 aliphatic carbocycles. The van der Waals surface area contributed by atoms with Crippen molar-refractivity contribution in [3.8, 4) is 0 Å². The summed E-state index contributed by atoms with van der Waals surface area (Å²) in [6, 6.07) is 16.5. The van der Waals surface area contributed by atoms with Crippen LogP contribution in [-0.4, -0.2) is 36.8 Å². The van der Waals surface area contributed by atoms with Crippen molar-refractivity contribution in [3.63, 3.8) is 0 Å². The Kier molecular flexibility index (Phi) is 14.1. The molecule has 2 aromatic carbocycles. The van der Waals surface area contributed by atoms with Crippen molar-refractivity contribution in [2.45, 2.75) is 97.6 Å². The molecular formula is C30H48N2O3S2. The van der Waals surface area contributed by atoms with Gasteiger partial charge in [0.2, 0.25) is 0 Å². The van der Waals surface area contributed by atoms with Crippen molar-refractivity contribution >= 4 is 27.7 Å². The Bertz CT molecular complexity index is 1040. The molecule has 1 saturated heterocycles. The molecule has 1 N–H and O–H groups in total. The second kappa shape index (κ2) is 15.7. The highest BCUT2D eigenvalue weighted by Crippen LogP contribution is 2.18. The van der Waals surface area contributed by atoms with Crippen LogP contribution in [0.1, 0.15) is 96.5 Å². The lowest BCUT2D eigenvalue weighted by Crippen LogP contribution is -2.34. The van der Waals surface area contributed by atoms with E-state index in [1.165, 1.54) is 29.5 Å². The predicted molar refractivity (Wildman–Crippen MR) is 162 cm³/mol. The average Bonchev–Trinajstić information content (AvgIpc) is 3.38. The first-order valence-corrected chi connectivity index (χ1v) is 15.2. The molecule has 1 fully saturated rings. The van der Waals surface area contributed by atoms with E-state index in [4.69, 9.17) is 4.74 Å². The van der Waals surface area contributed by atoms with Gasteiger partial charge in [0.05, 0.1) is 26.2 Å². The van der Waals surface area contributed by atoms with E-state index >= 15 is 0 Å². The number of ether oxygens (including phenoxy) is 1. The number of nitrogens with zero attached hydrogens (tertiary/aromatic N) is 1. The third kappa shape index (κ3) is 13.6. The van der Waals surface area contributed by atoms with E-state index in [-0.39, 0.29) is 15.5 Å². The maximum absolute atomic E-state index is 11.9. The Hall–Kier alpha value is -1.67. The highest BCUT2D eigenvalue weighted by Gasteiger charge is 2.21. The van der Waals surface area contributed by atoms with E-state index in [0.717, 1.165) is 24.5 Å². The fourth-order valence-corrected chi connectivity index (χ4v) is 4.48. The maximum Gasteiger partial charge on any atom is 0.145 e. The normalized spacial score (nSPS) is 16.5. The van der Waals surface area contributed by atoms with Crippen molar-refractivity contribution in [1.29, 1.82) is 0 Å². The largest absolute Gasteiger partial charge is 0.381 e. The molecule has 3 atom stereocenters. The molecule has 37 heavy (non-hydrogen) atoms. The lowest BCUT2D eigenvalue weighted by molar-refractivity contribution is 0.198. The second-order valence-electron chi connectivity index (χ2n) is 11.4. The Morgan fingerprint density at radius 3 is 1.86 bits per heavy atom. The quantitative estimate of drug-likeness (QED) is 0.403. The molecule has 0 bridgehead atoms. The number of hydrogen-bond acceptors (Lipinski definition) is 3. The lowest BCUT2D eigenvalue weighted by Gasteiger charge is -2.22. The first-order chi connectivity index (χ1) is 17.1. The second-order valence-corrected chi connectivity index (χ2v) is 15.3. The Morgan fingerprint density at radius 2 is 1.43 bits per heavy atom. The monoisotopic (exact) mass is 548 g/mol. The zero-order chi connectivity index (χ0) is 28.2.